The standard InChI is InChI=1S/C9H13N5O2/c1-5-7(15)10-9(13-11-5)14-12-8(16)6-3-2-4-6/h6H,2-4H2,1H3,(H,12,16)(H2,10,13,14,15). The fraction of sp³-hybridized carbons (Fsp3) is 0.556. The second-order valence-electron chi connectivity index (χ2n) is 3.83. The van der Waals surface area contributed by atoms with Gasteiger partial charge in [-0.05, 0) is 19.8 Å². The van der Waals surface area contributed by atoms with Crippen LogP contribution in [0.25, 0.3) is 0 Å². The van der Waals surface area contributed by atoms with E-state index in [0.717, 1.165) is 19.3 Å². The molecular formula is C9H13N5O2. The van der Waals surface area contributed by atoms with Gasteiger partial charge in [-0.3, -0.25) is 25.4 Å². The molecule has 0 saturated heterocycles. The van der Waals surface area contributed by atoms with Crippen molar-refractivity contribution in [1.82, 2.24) is 20.6 Å². The van der Waals surface area contributed by atoms with Gasteiger partial charge in [0.2, 0.25) is 11.9 Å². The van der Waals surface area contributed by atoms with Crippen LogP contribution >= 0.6 is 0 Å². The monoisotopic (exact) mass is 223 g/mol. The van der Waals surface area contributed by atoms with Crippen LogP contribution < -0.4 is 16.4 Å². The summed E-state index contributed by atoms with van der Waals surface area (Å²) >= 11 is 0. The molecule has 1 fully saturated rings. The molecule has 0 spiro atoms. The van der Waals surface area contributed by atoms with Gasteiger partial charge in [-0.15, -0.1) is 10.2 Å². The highest BCUT2D eigenvalue weighted by molar-refractivity contribution is 5.80. The maximum Gasteiger partial charge on any atom is 0.274 e. The number of hydrazine groups is 1. The van der Waals surface area contributed by atoms with Crippen molar-refractivity contribution in [3.8, 4) is 0 Å². The first-order chi connectivity index (χ1) is 7.66. The smallest absolute Gasteiger partial charge is 0.274 e. The van der Waals surface area contributed by atoms with E-state index in [1.807, 2.05) is 0 Å². The number of hydrogen-bond donors (Lipinski definition) is 3. The van der Waals surface area contributed by atoms with Crippen LogP contribution in [0, 0.1) is 12.8 Å². The minimum absolute atomic E-state index is 0.0746. The van der Waals surface area contributed by atoms with Gasteiger partial charge in [0.05, 0.1) is 0 Å². The fourth-order valence-corrected chi connectivity index (χ4v) is 1.34. The first-order valence-electron chi connectivity index (χ1n) is 5.16. The molecule has 7 nitrogen and oxygen atoms in total. The third-order valence-electron chi connectivity index (χ3n) is 2.64. The van der Waals surface area contributed by atoms with Gasteiger partial charge in [0.25, 0.3) is 5.56 Å². The Bertz CT molecular complexity index is 451. The van der Waals surface area contributed by atoms with Crippen LogP contribution in [0.5, 0.6) is 0 Å². The third-order valence-corrected chi connectivity index (χ3v) is 2.64. The predicted octanol–water partition coefficient (Wildman–Crippen LogP) is -0.283. The molecule has 0 aliphatic heterocycles. The van der Waals surface area contributed by atoms with Gasteiger partial charge in [0, 0.05) is 5.92 Å². The number of aromatic nitrogens is 3. The van der Waals surface area contributed by atoms with Crippen LogP contribution in [-0.4, -0.2) is 21.1 Å². The lowest BCUT2D eigenvalue weighted by atomic mass is 9.85. The molecular weight excluding hydrogens is 210 g/mol. The molecule has 2 rings (SSSR count). The van der Waals surface area contributed by atoms with E-state index < -0.39 is 0 Å². The lowest BCUT2D eigenvalue weighted by molar-refractivity contribution is -0.126. The zero-order valence-corrected chi connectivity index (χ0v) is 8.91. The van der Waals surface area contributed by atoms with Crippen molar-refractivity contribution < 1.29 is 4.79 Å². The Hall–Kier alpha value is -1.92. The van der Waals surface area contributed by atoms with Crippen LogP contribution in [0.2, 0.25) is 0 Å². The Morgan fingerprint density at radius 1 is 1.44 bits per heavy atom. The number of aromatic amines is 1. The number of nitrogens with zero attached hydrogens (tertiary/aromatic N) is 2. The fourth-order valence-electron chi connectivity index (χ4n) is 1.34. The molecule has 1 heterocycles. The van der Waals surface area contributed by atoms with Gasteiger partial charge in [0.1, 0.15) is 5.69 Å². The molecule has 0 unspecified atom stereocenters. The molecule has 3 N–H and O–H groups in total. The summed E-state index contributed by atoms with van der Waals surface area (Å²) in [6.07, 6.45) is 2.94. The Morgan fingerprint density at radius 3 is 2.75 bits per heavy atom. The topological polar surface area (TPSA) is 99.8 Å². The highest BCUT2D eigenvalue weighted by atomic mass is 16.2. The summed E-state index contributed by atoms with van der Waals surface area (Å²) in [4.78, 5) is 25.1. The van der Waals surface area contributed by atoms with E-state index in [1.54, 1.807) is 6.92 Å². The number of amides is 1. The zero-order valence-electron chi connectivity index (χ0n) is 8.91. The number of carbonyl (C=O) groups excluding carboxylic acids is 1. The SMILES string of the molecule is Cc1nnc(NNC(=O)C2CCC2)[nH]c1=O. The Kier molecular flexibility index (Phi) is 2.84. The minimum Gasteiger partial charge on any atom is -0.288 e. The van der Waals surface area contributed by atoms with E-state index in [2.05, 4.69) is 26.0 Å². The first kappa shape index (κ1) is 10.6. The second kappa shape index (κ2) is 4.30. The van der Waals surface area contributed by atoms with Crippen molar-refractivity contribution in [3.05, 3.63) is 16.0 Å². The number of nitrogens with one attached hydrogen (secondary N) is 3. The summed E-state index contributed by atoms with van der Waals surface area (Å²) in [5.74, 6) is 0.148. The number of carbonyl (C=O) groups is 1. The van der Waals surface area contributed by atoms with Crippen molar-refractivity contribution in [2.45, 2.75) is 26.2 Å². The average molecular weight is 223 g/mol. The predicted molar refractivity (Wildman–Crippen MR) is 56.5 cm³/mol. The maximum absolute atomic E-state index is 11.4. The van der Waals surface area contributed by atoms with E-state index in [1.165, 1.54) is 0 Å². The first-order valence-corrected chi connectivity index (χ1v) is 5.16. The molecule has 0 atom stereocenters. The van der Waals surface area contributed by atoms with E-state index in [0.29, 0.717) is 0 Å². The lowest BCUT2D eigenvalue weighted by Gasteiger charge is -2.23. The summed E-state index contributed by atoms with van der Waals surface area (Å²) in [6, 6.07) is 0. The number of hydrogen-bond acceptors (Lipinski definition) is 5. The van der Waals surface area contributed by atoms with Crippen molar-refractivity contribution in [3.63, 3.8) is 0 Å². The molecule has 0 radical (unpaired) electrons. The number of rotatable bonds is 3. The van der Waals surface area contributed by atoms with Crippen molar-refractivity contribution in [2.24, 2.45) is 5.92 Å². The molecule has 0 bridgehead atoms. The summed E-state index contributed by atoms with van der Waals surface area (Å²) in [5, 5.41) is 7.31. The minimum atomic E-state index is -0.324. The molecule has 16 heavy (non-hydrogen) atoms. The van der Waals surface area contributed by atoms with Crippen molar-refractivity contribution >= 4 is 11.9 Å². The van der Waals surface area contributed by atoms with Crippen LogP contribution in [-0.2, 0) is 4.79 Å². The van der Waals surface area contributed by atoms with E-state index in [-0.39, 0.29) is 29.0 Å². The van der Waals surface area contributed by atoms with Gasteiger partial charge in [0.15, 0.2) is 0 Å². The quantitative estimate of drug-likeness (QED) is 0.612. The summed E-state index contributed by atoms with van der Waals surface area (Å²) in [7, 11) is 0. The molecule has 0 aromatic carbocycles. The third kappa shape index (κ3) is 2.18. The Labute approximate surface area is 91.6 Å². The van der Waals surface area contributed by atoms with Crippen LogP contribution in [0.4, 0.5) is 5.95 Å². The van der Waals surface area contributed by atoms with Gasteiger partial charge >= 0.3 is 0 Å². The van der Waals surface area contributed by atoms with Crippen LogP contribution in [0.3, 0.4) is 0 Å². The largest absolute Gasteiger partial charge is 0.288 e. The zero-order chi connectivity index (χ0) is 11.5. The molecule has 1 aromatic heterocycles. The molecule has 1 saturated carbocycles. The van der Waals surface area contributed by atoms with Gasteiger partial charge in [-0.25, -0.2) is 0 Å². The van der Waals surface area contributed by atoms with E-state index >= 15 is 0 Å². The molecule has 86 valence electrons. The van der Waals surface area contributed by atoms with Gasteiger partial charge in [-0.2, -0.15) is 0 Å². The van der Waals surface area contributed by atoms with Crippen molar-refractivity contribution in [2.75, 3.05) is 5.43 Å². The second-order valence-corrected chi connectivity index (χ2v) is 3.83. The number of aryl methyl sites for hydroxylation is 1. The van der Waals surface area contributed by atoms with Crippen molar-refractivity contribution in [1.29, 1.82) is 0 Å². The normalized spacial score (nSPS) is 15.3. The highest BCUT2D eigenvalue weighted by Gasteiger charge is 2.24. The molecule has 7 heteroatoms. The summed E-state index contributed by atoms with van der Waals surface area (Å²) < 4.78 is 0. The highest BCUT2D eigenvalue weighted by Crippen LogP contribution is 2.25. The molecule has 1 aliphatic rings. The van der Waals surface area contributed by atoms with E-state index in [4.69, 9.17) is 0 Å². The lowest BCUT2D eigenvalue weighted by Crippen LogP contribution is -2.39. The Morgan fingerprint density at radius 2 is 2.19 bits per heavy atom. The van der Waals surface area contributed by atoms with Crippen LogP contribution in [0.15, 0.2) is 4.79 Å². The number of anilines is 1. The van der Waals surface area contributed by atoms with Gasteiger partial charge in [-0.1, -0.05) is 6.42 Å². The molecule has 1 amide bonds. The maximum atomic E-state index is 11.4. The molecule has 1 aliphatic carbocycles. The Balaban J connectivity index is 1.91. The average Bonchev–Trinajstić information content (AvgIpc) is 2.17. The molecule has 1 aromatic rings. The van der Waals surface area contributed by atoms with Crippen LogP contribution in [0.1, 0.15) is 25.0 Å². The summed E-state index contributed by atoms with van der Waals surface area (Å²) in [5.41, 5.74) is 4.98. The van der Waals surface area contributed by atoms with Gasteiger partial charge < -0.3 is 0 Å². The summed E-state index contributed by atoms with van der Waals surface area (Å²) in [6.45, 7) is 1.56. The number of H-pyrrole nitrogens is 1. The van der Waals surface area contributed by atoms with E-state index in [9.17, 15) is 9.59 Å².